The zero-order valence-corrected chi connectivity index (χ0v) is 15.0. The molecule has 2 aliphatic rings. The van der Waals surface area contributed by atoms with E-state index in [1.165, 1.54) is 18.4 Å². The summed E-state index contributed by atoms with van der Waals surface area (Å²) in [6, 6.07) is 4.59. The van der Waals surface area contributed by atoms with Gasteiger partial charge in [0.05, 0.1) is 12.1 Å². The molecule has 2 saturated heterocycles. The fraction of sp³-hybridized carbons (Fsp3) is 0.611. The van der Waals surface area contributed by atoms with Crippen LogP contribution in [0.5, 0.6) is 0 Å². The quantitative estimate of drug-likeness (QED) is 0.825. The molecule has 0 aromatic carbocycles. The van der Waals surface area contributed by atoms with Crippen molar-refractivity contribution in [2.24, 2.45) is 7.05 Å². The van der Waals surface area contributed by atoms with Crippen molar-refractivity contribution in [3.05, 3.63) is 36.0 Å². The van der Waals surface area contributed by atoms with Crippen molar-refractivity contribution in [3.63, 3.8) is 0 Å². The van der Waals surface area contributed by atoms with Gasteiger partial charge in [0.1, 0.15) is 18.0 Å². The number of likely N-dealkylation sites (tertiary alicyclic amines) is 1. The van der Waals surface area contributed by atoms with Crippen LogP contribution in [-0.4, -0.2) is 57.5 Å². The maximum Gasteiger partial charge on any atom is 0.150 e. The van der Waals surface area contributed by atoms with Crippen molar-refractivity contribution in [2.45, 2.75) is 38.0 Å². The lowest BCUT2D eigenvalue weighted by Crippen LogP contribution is -2.26. The number of aryl methyl sites for hydroxylation is 1. The fourth-order valence-electron chi connectivity index (χ4n) is 3.95. The molecule has 0 N–H and O–H groups in total. The van der Waals surface area contributed by atoms with Gasteiger partial charge in [-0.1, -0.05) is 6.07 Å². The third-order valence-corrected chi connectivity index (χ3v) is 5.37. The van der Waals surface area contributed by atoms with Gasteiger partial charge in [0.15, 0.2) is 0 Å². The Kier molecular flexibility index (Phi) is 4.67. The Morgan fingerprint density at radius 1 is 1.24 bits per heavy atom. The standard InChI is InChI=1S/C18H26N6O/c1-22-13-20-21-18(22)16-9-15(25-2)12-24(16)11-14-5-6-17(19-10-14)23-7-3-4-8-23/h5-6,10,13,15-16H,3-4,7-9,11-12H2,1-2H3/t15-,16+/m1/s1. The first-order chi connectivity index (χ1) is 12.2. The molecule has 0 saturated carbocycles. The summed E-state index contributed by atoms with van der Waals surface area (Å²) in [6.07, 6.45) is 7.51. The molecule has 0 spiro atoms. The molecule has 0 aliphatic carbocycles. The molecule has 2 aliphatic heterocycles. The molecule has 7 heteroatoms. The Morgan fingerprint density at radius 3 is 2.72 bits per heavy atom. The highest BCUT2D eigenvalue weighted by molar-refractivity contribution is 5.40. The monoisotopic (exact) mass is 342 g/mol. The van der Waals surface area contributed by atoms with Gasteiger partial charge in [0, 0.05) is 46.5 Å². The first-order valence-corrected chi connectivity index (χ1v) is 9.05. The van der Waals surface area contributed by atoms with E-state index in [0.717, 1.165) is 44.2 Å². The summed E-state index contributed by atoms with van der Waals surface area (Å²) in [7, 11) is 3.79. The van der Waals surface area contributed by atoms with Crippen molar-refractivity contribution in [3.8, 4) is 0 Å². The van der Waals surface area contributed by atoms with Crippen LogP contribution < -0.4 is 4.90 Å². The van der Waals surface area contributed by atoms with Gasteiger partial charge in [-0.05, 0) is 30.9 Å². The second-order valence-electron chi connectivity index (χ2n) is 7.06. The van der Waals surface area contributed by atoms with Gasteiger partial charge in [-0.15, -0.1) is 10.2 Å². The molecule has 2 aromatic rings. The van der Waals surface area contributed by atoms with E-state index in [0.29, 0.717) is 0 Å². The van der Waals surface area contributed by atoms with Crippen molar-refractivity contribution >= 4 is 5.82 Å². The Morgan fingerprint density at radius 2 is 2.08 bits per heavy atom. The van der Waals surface area contributed by atoms with Crippen LogP contribution in [-0.2, 0) is 18.3 Å². The van der Waals surface area contributed by atoms with Crippen LogP contribution in [0.1, 0.15) is 36.7 Å². The molecule has 2 aromatic heterocycles. The van der Waals surface area contributed by atoms with E-state index >= 15 is 0 Å². The molecule has 7 nitrogen and oxygen atoms in total. The Bertz CT molecular complexity index is 694. The number of rotatable bonds is 5. The molecule has 0 bridgehead atoms. The van der Waals surface area contributed by atoms with Crippen LogP contribution in [0.15, 0.2) is 24.7 Å². The highest BCUT2D eigenvalue weighted by Gasteiger charge is 2.35. The second-order valence-corrected chi connectivity index (χ2v) is 7.06. The van der Waals surface area contributed by atoms with E-state index < -0.39 is 0 Å². The zero-order chi connectivity index (χ0) is 17.2. The summed E-state index contributed by atoms with van der Waals surface area (Å²) in [5.41, 5.74) is 1.23. The molecule has 0 amide bonds. The first kappa shape index (κ1) is 16.5. The van der Waals surface area contributed by atoms with Gasteiger partial charge in [0.25, 0.3) is 0 Å². The van der Waals surface area contributed by atoms with Crippen LogP contribution in [0.3, 0.4) is 0 Å². The fourth-order valence-corrected chi connectivity index (χ4v) is 3.95. The highest BCUT2D eigenvalue weighted by Crippen LogP contribution is 2.33. The lowest BCUT2D eigenvalue weighted by molar-refractivity contribution is 0.107. The summed E-state index contributed by atoms with van der Waals surface area (Å²) >= 11 is 0. The summed E-state index contributed by atoms with van der Waals surface area (Å²) in [4.78, 5) is 9.47. The SMILES string of the molecule is CO[C@@H]1C[C@@H](c2nncn2C)N(Cc2ccc(N3CCCC3)nc2)C1. The predicted octanol–water partition coefficient (Wildman–Crippen LogP) is 1.77. The van der Waals surface area contributed by atoms with Crippen LogP contribution >= 0.6 is 0 Å². The number of nitrogens with zero attached hydrogens (tertiary/aromatic N) is 6. The first-order valence-electron chi connectivity index (χ1n) is 9.05. The highest BCUT2D eigenvalue weighted by atomic mass is 16.5. The molecular formula is C18H26N6O. The lowest BCUT2D eigenvalue weighted by Gasteiger charge is -2.23. The normalized spacial score (nSPS) is 24.3. The number of pyridine rings is 1. The molecule has 134 valence electrons. The van der Waals surface area contributed by atoms with E-state index in [-0.39, 0.29) is 12.1 Å². The maximum atomic E-state index is 5.61. The largest absolute Gasteiger partial charge is 0.380 e. The summed E-state index contributed by atoms with van der Waals surface area (Å²) in [5.74, 6) is 2.10. The number of aromatic nitrogens is 4. The van der Waals surface area contributed by atoms with E-state index in [1.54, 1.807) is 13.4 Å². The number of ether oxygens (including phenoxy) is 1. The third-order valence-electron chi connectivity index (χ3n) is 5.37. The van der Waals surface area contributed by atoms with Gasteiger partial charge >= 0.3 is 0 Å². The minimum absolute atomic E-state index is 0.232. The minimum Gasteiger partial charge on any atom is -0.380 e. The summed E-state index contributed by atoms with van der Waals surface area (Å²) in [6.45, 7) is 4.01. The Labute approximate surface area is 148 Å². The molecule has 0 unspecified atom stereocenters. The number of hydrogen-bond donors (Lipinski definition) is 0. The molecule has 2 fully saturated rings. The van der Waals surface area contributed by atoms with Gasteiger partial charge in [-0.2, -0.15) is 0 Å². The average molecular weight is 342 g/mol. The minimum atomic E-state index is 0.232. The number of hydrogen-bond acceptors (Lipinski definition) is 6. The molecule has 4 rings (SSSR count). The molecular weight excluding hydrogens is 316 g/mol. The van der Waals surface area contributed by atoms with Crippen molar-refractivity contribution in [2.75, 3.05) is 31.6 Å². The van der Waals surface area contributed by atoms with Gasteiger partial charge in [0.2, 0.25) is 0 Å². The van der Waals surface area contributed by atoms with Gasteiger partial charge in [-0.25, -0.2) is 4.98 Å². The van der Waals surface area contributed by atoms with Crippen molar-refractivity contribution < 1.29 is 4.74 Å². The predicted molar refractivity (Wildman–Crippen MR) is 95.3 cm³/mol. The van der Waals surface area contributed by atoms with Crippen molar-refractivity contribution in [1.29, 1.82) is 0 Å². The van der Waals surface area contributed by atoms with Gasteiger partial charge in [-0.3, -0.25) is 4.90 Å². The zero-order valence-electron chi connectivity index (χ0n) is 15.0. The maximum absolute atomic E-state index is 5.61. The lowest BCUT2D eigenvalue weighted by atomic mass is 10.1. The Balaban J connectivity index is 1.48. The summed E-state index contributed by atoms with van der Waals surface area (Å²) in [5, 5.41) is 8.36. The number of methoxy groups -OCH3 is 1. The van der Waals surface area contributed by atoms with Gasteiger partial charge < -0.3 is 14.2 Å². The second kappa shape index (κ2) is 7.09. The van der Waals surface area contributed by atoms with Crippen LogP contribution in [0.2, 0.25) is 0 Å². The average Bonchev–Trinajstić information content (AvgIpc) is 3.36. The number of anilines is 1. The van der Waals surface area contributed by atoms with E-state index in [9.17, 15) is 0 Å². The Hall–Kier alpha value is -1.99. The molecule has 4 heterocycles. The summed E-state index contributed by atoms with van der Waals surface area (Å²) < 4.78 is 7.62. The van der Waals surface area contributed by atoms with Crippen LogP contribution in [0.25, 0.3) is 0 Å². The molecule has 2 atom stereocenters. The van der Waals surface area contributed by atoms with Crippen LogP contribution in [0.4, 0.5) is 5.82 Å². The topological polar surface area (TPSA) is 59.3 Å². The van der Waals surface area contributed by atoms with Crippen molar-refractivity contribution in [1.82, 2.24) is 24.6 Å². The third kappa shape index (κ3) is 3.39. The molecule has 0 radical (unpaired) electrons. The van der Waals surface area contributed by atoms with E-state index in [1.807, 2.05) is 17.8 Å². The molecule has 25 heavy (non-hydrogen) atoms. The van der Waals surface area contributed by atoms with E-state index in [4.69, 9.17) is 4.74 Å². The smallest absolute Gasteiger partial charge is 0.150 e. The van der Waals surface area contributed by atoms with E-state index in [2.05, 4.69) is 37.1 Å². The van der Waals surface area contributed by atoms with Crippen LogP contribution in [0, 0.1) is 0 Å².